The molecule has 6 nitrogen and oxygen atoms in total. The number of aliphatic imine (C=N–C) groups is 1. The quantitative estimate of drug-likeness (QED) is 0.336. The second-order valence-corrected chi connectivity index (χ2v) is 12.1. The summed E-state index contributed by atoms with van der Waals surface area (Å²) < 4.78 is 27.4. The predicted octanol–water partition coefficient (Wildman–Crippen LogP) is 3.50. The minimum Gasteiger partial charge on any atom is -0.357 e. The van der Waals surface area contributed by atoms with Gasteiger partial charge in [0.2, 0.25) is 10.0 Å². The van der Waals surface area contributed by atoms with Gasteiger partial charge in [-0.1, -0.05) is 18.2 Å². The van der Waals surface area contributed by atoms with E-state index in [1.165, 1.54) is 0 Å². The summed E-state index contributed by atoms with van der Waals surface area (Å²) in [5.74, 6) is 2.55. The van der Waals surface area contributed by atoms with Gasteiger partial charge in [0.1, 0.15) is 0 Å². The highest BCUT2D eigenvalue weighted by molar-refractivity contribution is 14.0. The summed E-state index contributed by atoms with van der Waals surface area (Å²) in [5.41, 5.74) is 0. The fourth-order valence-electron chi connectivity index (χ4n) is 3.91. The van der Waals surface area contributed by atoms with Crippen LogP contribution in [0.25, 0.3) is 0 Å². The maximum Gasteiger partial charge on any atom is 0.243 e. The van der Waals surface area contributed by atoms with Crippen molar-refractivity contribution in [3.05, 3.63) is 30.3 Å². The first-order chi connectivity index (χ1) is 13.8. The van der Waals surface area contributed by atoms with Gasteiger partial charge in [-0.2, -0.15) is 16.1 Å². The molecule has 2 heterocycles. The molecule has 0 radical (unpaired) electrons. The van der Waals surface area contributed by atoms with Gasteiger partial charge in [0.05, 0.1) is 4.90 Å². The van der Waals surface area contributed by atoms with E-state index in [4.69, 9.17) is 4.99 Å². The molecular weight excluding hydrogens is 531 g/mol. The number of guanidine groups is 1. The van der Waals surface area contributed by atoms with Gasteiger partial charge in [-0.15, -0.1) is 24.0 Å². The van der Waals surface area contributed by atoms with Gasteiger partial charge < -0.3 is 10.2 Å². The van der Waals surface area contributed by atoms with Crippen LogP contribution in [0, 0.1) is 5.92 Å². The summed E-state index contributed by atoms with van der Waals surface area (Å²) in [7, 11) is -3.38. The SMILES string of the molecule is CCNC(=NCC1CCN(S(=O)(=O)c2ccccc2)CC1)N1CCSC(C)(C)C1.I. The van der Waals surface area contributed by atoms with E-state index in [-0.39, 0.29) is 28.7 Å². The molecule has 2 fully saturated rings. The highest BCUT2D eigenvalue weighted by Crippen LogP contribution is 2.29. The molecule has 170 valence electrons. The topological polar surface area (TPSA) is 65.0 Å². The Morgan fingerprint density at radius 3 is 2.47 bits per heavy atom. The van der Waals surface area contributed by atoms with Crippen LogP contribution in [0.1, 0.15) is 33.6 Å². The lowest BCUT2D eigenvalue weighted by atomic mass is 9.98. The minimum absolute atomic E-state index is 0. The Morgan fingerprint density at radius 2 is 1.87 bits per heavy atom. The van der Waals surface area contributed by atoms with Crippen molar-refractivity contribution in [2.75, 3.05) is 45.0 Å². The fourth-order valence-corrected chi connectivity index (χ4v) is 6.51. The van der Waals surface area contributed by atoms with Gasteiger partial charge in [-0.05, 0) is 51.7 Å². The lowest BCUT2D eigenvalue weighted by molar-refractivity contribution is 0.277. The number of nitrogens with one attached hydrogen (secondary N) is 1. The normalized spacial score (nSPS) is 21.2. The number of rotatable bonds is 5. The van der Waals surface area contributed by atoms with Crippen LogP contribution in [-0.2, 0) is 10.0 Å². The molecular formula is C21H35IN4O2S2. The van der Waals surface area contributed by atoms with Crippen molar-refractivity contribution in [1.29, 1.82) is 0 Å². The zero-order chi connectivity index (χ0) is 20.9. The Labute approximate surface area is 203 Å². The van der Waals surface area contributed by atoms with Crippen LogP contribution in [0.15, 0.2) is 40.2 Å². The van der Waals surface area contributed by atoms with Crippen molar-refractivity contribution >= 4 is 51.7 Å². The molecule has 0 unspecified atom stereocenters. The van der Waals surface area contributed by atoms with Gasteiger partial charge in [0.25, 0.3) is 0 Å². The average Bonchev–Trinajstić information content (AvgIpc) is 2.71. The van der Waals surface area contributed by atoms with Crippen LogP contribution in [0.4, 0.5) is 0 Å². The standard InChI is InChI=1S/C21H34N4O2S2.HI/c1-4-22-20(24-14-15-28-21(2,3)17-24)23-16-18-10-12-25(13-11-18)29(26,27)19-8-6-5-7-9-19;/h5-9,18H,4,10-17H2,1-3H3,(H,22,23);1H. The lowest BCUT2D eigenvalue weighted by Gasteiger charge is -2.39. The third-order valence-corrected chi connectivity index (χ3v) is 8.72. The molecule has 0 saturated carbocycles. The van der Waals surface area contributed by atoms with Crippen LogP contribution in [0.5, 0.6) is 0 Å². The Hall–Kier alpha value is -0.520. The Balaban J connectivity index is 0.00000320. The maximum absolute atomic E-state index is 12.8. The number of hydrogen-bond donors (Lipinski definition) is 1. The fraction of sp³-hybridized carbons (Fsp3) is 0.667. The van der Waals surface area contributed by atoms with Gasteiger partial charge >= 0.3 is 0 Å². The molecule has 0 spiro atoms. The molecule has 0 atom stereocenters. The second kappa shape index (κ2) is 11.4. The maximum atomic E-state index is 12.8. The Bertz CT molecular complexity index is 794. The third kappa shape index (κ3) is 6.74. The first-order valence-electron chi connectivity index (χ1n) is 10.5. The van der Waals surface area contributed by atoms with Crippen molar-refractivity contribution in [2.45, 2.75) is 43.3 Å². The Morgan fingerprint density at radius 1 is 1.20 bits per heavy atom. The number of nitrogens with zero attached hydrogens (tertiary/aromatic N) is 3. The molecule has 2 aliphatic rings. The summed E-state index contributed by atoms with van der Waals surface area (Å²) >= 11 is 2.02. The van der Waals surface area contributed by atoms with Gasteiger partial charge in [0.15, 0.2) is 5.96 Å². The van der Waals surface area contributed by atoms with Crippen molar-refractivity contribution < 1.29 is 8.42 Å². The van der Waals surface area contributed by atoms with Crippen LogP contribution >= 0.6 is 35.7 Å². The van der Waals surface area contributed by atoms with Gasteiger partial charge in [-0.3, -0.25) is 4.99 Å². The molecule has 0 aliphatic carbocycles. The summed E-state index contributed by atoms with van der Waals surface area (Å²) in [6.45, 7) is 11.5. The average molecular weight is 567 g/mol. The molecule has 0 aromatic heterocycles. The number of hydrogen-bond acceptors (Lipinski definition) is 4. The minimum atomic E-state index is -3.38. The molecule has 1 N–H and O–H groups in total. The van der Waals surface area contributed by atoms with Crippen LogP contribution in [-0.4, -0.2) is 73.4 Å². The molecule has 3 rings (SSSR count). The van der Waals surface area contributed by atoms with Crippen molar-refractivity contribution in [3.63, 3.8) is 0 Å². The van der Waals surface area contributed by atoms with E-state index < -0.39 is 10.0 Å². The highest BCUT2D eigenvalue weighted by Gasteiger charge is 2.31. The van der Waals surface area contributed by atoms with E-state index in [1.54, 1.807) is 28.6 Å². The summed E-state index contributed by atoms with van der Waals surface area (Å²) in [4.78, 5) is 7.68. The van der Waals surface area contributed by atoms with Crippen LogP contribution in [0.2, 0.25) is 0 Å². The largest absolute Gasteiger partial charge is 0.357 e. The summed E-state index contributed by atoms with van der Waals surface area (Å²) in [6, 6.07) is 8.74. The number of piperidine rings is 1. The van der Waals surface area contributed by atoms with E-state index >= 15 is 0 Å². The number of benzene rings is 1. The van der Waals surface area contributed by atoms with Gasteiger partial charge in [0, 0.05) is 49.8 Å². The monoisotopic (exact) mass is 566 g/mol. The Kier molecular flexibility index (Phi) is 9.76. The van der Waals surface area contributed by atoms with E-state index in [0.717, 1.165) is 50.7 Å². The summed E-state index contributed by atoms with van der Waals surface area (Å²) in [5, 5.41) is 3.44. The van der Waals surface area contributed by atoms with E-state index in [9.17, 15) is 8.42 Å². The second-order valence-electron chi connectivity index (χ2n) is 8.38. The highest BCUT2D eigenvalue weighted by atomic mass is 127. The molecule has 2 aliphatic heterocycles. The lowest BCUT2D eigenvalue weighted by Crippen LogP contribution is -2.51. The van der Waals surface area contributed by atoms with Crippen molar-refractivity contribution in [3.8, 4) is 0 Å². The summed E-state index contributed by atoms with van der Waals surface area (Å²) in [6.07, 6.45) is 1.71. The molecule has 1 aromatic carbocycles. The first kappa shape index (κ1) is 25.7. The van der Waals surface area contributed by atoms with E-state index in [1.807, 2.05) is 17.8 Å². The van der Waals surface area contributed by atoms with Crippen molar-refractivity contribution in [2.24, 2.45) is 10.9 Å². The smallest absolute Gasteiger partial charge is 0.243 e. The third-order valence-electron chi connectivity index (χ3n) is 5.51. The zero-order valence-corrected chi connectivity index (χ0v) is 22.2. The first-order valence-corrected chi connectivity index (χ1v) is 13.0. The molecule has 0 amide bonds. The molecule has 9 heteroatoms. The van der Waals surface area contributed by atoms with Crippen molar-refractivity contribution in [1.82, 2.24) is 14.5 Å². The molecule has 0 bridgehead atoms. The molecule has 2 saturated heterocycles. The van der Waals surface area contributed by atoms with Crippen LogP contribution < -0.4 is 5.32 Å². The predicted molar refractivity (Wildman–Crippen MR) is 137 cm³/mol. The van der Waals surface area contributed by atoms with Gasteiger partial charge in [-0.25, -0.2) is 8.42 Å². The van der Waals surface area contributed by atoms with E-state index in [0.29, 0.717) is 23.9 Å². The zero-order valence-electron chi connectivity index (χ0n) is 18.2. The number of thioether (sulfide) groups is 1. The number of halogens is 1. The van der Waals surface area contributed by atoms with Crippen LogP contribution in [0.3, 0.4) is 0 Å². The number of sulfonamides is 1. The molecule has 1 aromatic rings. The molecule has 30 heavy (non-hydrogen) atoms. The van der Waals surface area contributed by atoms with E-state index in [2.05, 4.69) is 31.0 Å².